The number of rotatable bonds is 2. The second kappa shape index (κ2) is 4.00. The molecular formula is C12H11NO2. The van der Waals surface area contributed by atoms with Crippen molar-refractivity contribution < 1.29 is 4.74 Å². The summed E-state index contributed by atoms with van der Waals surface area (Å²) in [5, 5.41) is 0. The number of benzene rings is 1. The molecule has 2 rings (SSSR count). The van der Waals surface area contributed by atoms with Crippen LogP contribution in [0.3, 0.4) is 0 Å². The lowest BCUT2D eigenvalue weighted by atomic mass is 10.2. The van der Waals surface area contributed by atoms with E-state index in [9.17, 15) is 4.79 Å². The van der Waals surface area contributed by atoms with Crippen LogP contribution < -0.4 is 10.3 Å². The van der Waals surface area contributed by atoms with Gasteiger partial charge in [0.15, 0.2) is 5.88 Å². The van der Waals surface area contributed by atoms with Crippen LogP contribution in [0.15, 0.2) is 47.3 Å². The molecule has 0 spiro atoms. The number of aromatic nitrogens is 1. The number of pyridine rings is 1. The third-order valence-electron chi connectivity index (χ3n) is 1.96. The Morgan fingerprint density at radius 1 is 1.13 bits per heavy atom. The number of ether oxygens (including phenoxy) is 1. The summed E-state index contributed by atoms with van der Waals surface area (Å²) in [5.74, 6) is 1.17. The lowest BCUT2D eigenvalue weighted by Crippen LogP contribution is -2.03. The van der Waals surface area contributed by atoms with Gasteiger partial charge in [-0.05, 0) is 30.7 Å². The standard InChI is InChI=1S/C12H11NO2/c1-9-4-2-5-10(8-9)15-12-7-3-6-11(14)13-12/h2-8H,1H3,(H,13,14). The zero-order valence-corrected chi connectivity index (χ0v) is 8.36. The van der Waals surface area contributed by atoms with E-state index in [1.54, 1.807) is 12.1 Å². The smallest absolute Gasteiger partial charge is 0.250 e. The van der Waals surface area contributed by atoms with Gasteiger partial charge < -0.3 is 4.74 Å². The fourth-order valence-electron chi connectivity index (χ4n) is 1.29. The maximum Gasteiger partial charge on any atom is 0.250 e. The minimum atomic E-state index is -0.167. The zero-order valence-electron chi connectivity index (χ0n) is 8.36. The normalized spacial score (nSPS) is 9.93. The fourth-order valence-corrected chi connectivity index (χ4v) is 1.29. The molecule has 2 aromatic rings. The molecule has 76 valence electrons. The Morgan fingerprint density at radius 2 is 1.93 bits per heavy atom. The molecule has 3 heteroatoms. The van der Waals surface area contributed by atoms with Crippen LogP contribution in [0.25, 0.3) is 0 Å². The Hall–Kier alpha value is -2.03. The molecule has 3 nitrogen and oxygen atoms in total. The predicted octanol–water partition coefficient (Wildman–Crippen LogP) is 2.48. The van der Waals surface area contributed by atoms with Crippen molar-refractivity contribution in [1.82, 2.24) is 4.98 Å². The third kappa shape index (κ3) is 2.47. The van der Waals surface area contributed by atoms with Crippen LogP contribution in [0, 0.1) is 6.92 Å². The number of hydrogen-bond donors (Lipinski definition) is 1. The number of nitrogens with one attached hydrogen (secondary N) is 1. The summed E-state index contributed by atoms with van der Waals surface area (Å²) in [4.78, 5) is 13.6. The van der Waals surface area contributed by atoms with Gasteiger partial charge in [0.1, 0.15) is 5.75 Å². The summed E-state index contributed by atoms with van der Waals surface area (Å²) >= 11 is 0. The van der Waals surface area contributed by atoms with Crippen LogP contribution in [-0.2, 0) is 0 Å². The molecule has 1 aromatic heterocycles. The molecule has 0 amide bonds. The zero-order chi connectivity index (χ0) is 10.7. The van der Waals surface area contributed by atoms with Gasteiger partial charge in [-0.2, -0.15) is 0 Å². The molecule has 0 saturated carbocycles. The Balaban J connectivity index is 2.26. The van der Waals surface area contributed by atoms with Gasteiger partial charge >= 0.3 is 0 Å². The van der Waals surface area contributed by atoms with E-state index in [0.717, 1.165) is 11.3 Å². The Kier molecular flexibility index (Phi) is 2.54. The van der Waals surface area contributed by atoms with E-state index in [1.165, 1.54) is 6.07 Å². The Labute approximate surface area is 87.3 Å². The minimum absolute atomic E-state index is 0.167. The minimum Gasteiger partial charge on any atom is -0.441 e. The van der Waals surface area contributed by atoms with Crippen LogP contribution in [0.1, 0.15) is 5.56 Å². The first-order chi connectivity index (χ1) is 7.24. The maximum absolute atomic E-state index is 11.0. The van der Waals surface area contributed by atoms with E-state index in [2.05, 4.69) is 4.98 Å². The molecule has 0 saturated heterocycles. The summed E-state index contributed by atoms with van der Waals surface area (Å²) < 4.78 is 5.48. The lowest BCUT2D eigenvalue weighted by Gasteiger charge is -2.04. The molecule has 1 aromatic carbocycles. The summed E-state index contributed by atoms with van der Waals surface area (Å²) in [5.41, 5.74) is 0.950. The van der Waals surface area contributed by atoms with Crippen molar-refractivity contribution in [2.75, 3.05) is 0 Å². The summed E-state index contributed by atoms with van der Waals surface area (Å²) in [6, 6.07) is 12.5. The van der Waals surface area contributed by atoms with Gasteiger partial charge in [-0.25, -0.2) is 0 Å². The van der Waals surface area contributed by atoms with Crippen LogP contribution >= 0.6 is 0 Å². The first-order valence-corrected chi connectivity index (χ1v) is 4.68. The van der Waals surface area contributed by atoms with E-state index >= 15 is 0 Å². The third-order valence-corrected chi connectivity index (χ3v) is 1.96. The second-order valence-corrected chi connectivity index (χ2v) is 3.30. The highest BCUT2D eigenvalue weighted by molar-refractivity contribution is 5.30. The fraction of sp³-hybridized carbons (Fsp3) is 0.0833. The molecular weight excluding hydrogens is 190 g/mol. The van der Waals surface area contributed by atoms with E-state index in [0.29, 0.717) is 5.88 Å². The molecule has 0 aliphatic carbocycles. The average Bonchev–Trinajstić information content (AvgIpc) is 2.17. The molecule has 0 unspecified atom stereocenters. The van der Waals surface area contributed by atoms with Crippen molar-refractivity contribution in [1.29, 1.82) is 0 Å². The van der Waals surface area contributed by atoms with Gasteiger partial charge in [-0.3, -0.25) is 9.78 Å². The van der Waals surface area contributed by atoms with Crippen LogP contribution in [0.2, 0.25) is 0 Å². The number of aryl methyl sites for hydroxylation is 1. The molecule has 0 aliphatic heterocycles. The van der Waals surface area contributed by atoms with E-state index in [1.807, 2.05) is 31.2 Å². The van der Waals surface area contributed by atoms with E-state index < -0.39 is 0 Å². The van der Waals surface area contributed by atoms with Gasteiger partial charge in [0.2, 0.25) is 0 Å². The van der Waals surface area contributed by atoms with E-state index in [4.69, 9.17) is 4.74 Å². The van der Waals surface area contributed by atoms with Crippen molar-refractivity contribution in [3.8, 4) is 11.6 Å². The molecule has 0 radical (unpaired) electrons. The summed E-state index contributed by atoms with van der Waals surface area (Å²) in [6.07, 6.45) is 0. The van der Waals surface area contributed by atoms with Gasteiger partial charge in [0.05, 0.1) is 0 Å². The molecule has 1 heterocycles. The highest BCUT2D eigenvalue weighted by Crippen LogP contribution is 2.18. The molecule has 0 fully saturated rings. The highest BCUT2D eigenvalue weighted by Gasteiger charge is 1.97. The number of aromatic amines is 1. The highest BCUT2D eigenvalue weighted by atomic mass is 16.5. The monoisotopic (exact) mass is 201 g/mol. The predicted molar refractivity (Wildman–Crippen MR) is 58.3 cm³/mol. The Morgan fingerprint density at radius 3 is 2.67 bits per heavy atom. The molecule has 0 aliphatic rings. The SMILES string of the molecule is Cc1cccc(Oc2cccc(=O)[nH]2)c1. The lowest BCUT2D eigenvalue weighted by molar-refractivity contribution is 0.461. The van der Waals surface area contributed by atoms with Crippen LogP contribution in [-0.4, -0.2) is 4.98 Å². The van der Waals surface area contributed by atoms with Crippen LogP contribution in [0.4, 0.5) is 0 Å². The summed E-state index contributed by atoms with van der Waals surface area (Å²) in [7, 11) is 0. The average molecular weight is 201 g/mol. The van der Waals surface area contributed by atoms with E-state index in [-0.39, 0.29) is 5.56 Å². The molecule has 0 atom stereocenters. The first kappa shape index (κ1) is 9.52. The second-order valence-electron chi connectivity index (χ2n) is 3.30. The maximum atomic E-state index is 11.0. The molecule has 15 heavy (non-hydrogen) atoms. The largest absolute Gasteiger partial charge is 0.441 e. The molecule has 0 bridgehead atoms. The van der Waals surface area contributed by atoms with Crippen molar-refractivity contribution in [2.24, 2.45) is 0 Å². The topological polar surface area (TPSA) is 42.1 Å². The van der Waals surface area contributed by atoms with Gasteiger partial charge in [0.25, 0.3) is 5.56 Å². The van der Waals surface area contributed by atoms with Crippen molar-refractivity contribution in [3.63, 3.8) is 0 Å². The van der Waals surface area contributed by atoms with Crippen molar-refractivity contribution in [2.45, 2.75) is 6.92 Å². The van der Waals surface area contributed by atoms with Gasteiger partial charge in [-0.15, -0.1) is 0 Å². The number of hydrogen-bond acceptors (Lipinski definition) is 2. The Bertz CT molecular complexity index is 517. The summed E-state index contributed by atoms with van der Waals surface area (Å²) in [6.45, 7) is 1.99. The van der Waals surface area contributed by atoms with Crippen molar-refractivity contribution >= 4 is 0 Å². The van der Waals surface area contributed by atoms with Crippen molar-refractivity contribution in [3.05, 3.63) is 58.4 Å². The molecule has 1 N–H and O–H groups in total. The first-order valence-electron chi connectivity index (χ1n) is 4.68. The van der Waals surface area contributed by atoms with Gasteiger partial charge in [-0.1, -0.05) is 18.2 Å². The van der Waals surface area contributed by atoms with Gasteiger partial charge in [0, 0.05) is 6.07 Å². The quantitative estimate of drug-likeness (QED) is 0.811. The van der Waals surface area contributed by atoms with Crippen LogP contribution in [0.5, 0.6) is 11.6 Å². The number of H-pyrrole nitrogens is 1.